The molecule has 1 heterocycles. The van der Waals surface area contributed by atoms with Crippen LogP contribution in [-0.2, 0) is 6.54 Å². The Morgan fingerprint density at radius 3 is 2.84 bits per heavy atom. The fraction of sp³-hybridized carbons (Fsp3) is 0.133. The van der Waals surface area contributed by atoms with Crippen molar-refractivity contribution >= 4 is 33.6 Å². The van der Waals surface area contributed by atoms with Crippen molar-refractivity contribution in [3.05, 3.63) is 57.8 Å². The van der Waals surface area contributed by atoms with Gasteiger partial charge in [0, 0.05) is 10.0 Å². The van der Waals surface area contributed by atoms with E-state index in [1.54, 1.807) is 12.4 Å². The molecule has 0 aliphatic carbocycles. The fourth-order valence-electron chi connectivity index (χ4n) is 2.28. The summed E-state index contributed by atoms with van der Waals surface area (Å²) in [6, 6.07) is 11.0. The van der Waals surface area contributed by atoms with E-state index >= 15 is 0 Å². The Hall–Kier alpha value is -1.68. The summed E-state index contributed by atoms with van der Waals surface area (Å²) in [5, 5.41) is 0. The van der Waals surface area contributed by atoms with Crippen LogP contribution in [0.25, 0.3) is 0 Å². The van der Waals surface area contributed by atoms with Gasteiger partial charge in [-0.3, -0.25) is 9.89 Å². The first-order valence-electron chi connectivity index (χ1n) is 6.00. The molecule has 0 atom stereocenters. The Balaban J connectivity index is 2.20. The molecule has 1 aliphatic rings. The van der Waals surface area contributed by atoms with Gasteiger partial charge in [-0.2, -0.15) is 0 Å². The molecular formula is C15H12BrFN2. The van der Waals surface area contributed by atoms with E-state index in [0.717, 1.165) is 21.3 Å². The third kappa shape index (κ3) is 2.06. The van der Waals surface area contributed by atoms with E-state index in [9.17, 15) is 4.39 Å². The predicted molar refractivity (Wildman–Crippen MR) is 79.6 cm³/mol. The first-order chi connectivity index (χ1) is 9.18. The smallest absolute Gasteiger partial charge is 0.147 e. The average Bonchev–Trinajstić information content (AvgIpc) is 2.42. The molecule has 0 aromatic heterocycles. The maximum Gasteiger partial charge on any atom is 0.147 e. The first-order valence-corrected chi connectivity index (χ1v) is 6.79. The van der Waals surface area contributed by atoms with Gasteiger partial charge in [-0.05, 0) is 30.7 Å². The molecule has 0 saturated heterocycles. The normalized spacial score (nSPS) is 13.5. The Bertz CT molecular complexity index is 667. The predicted octanol–water partition coefficient (Wildman–Crippen LogP) is 4.58. The van der Waals surface area contributed by atoms with Crippen LogP contribution in [0, 0.1) is 12.7 Å². The molecule has 0 unspecified atom stereocenters. The van der Waals surface area contributed by atoms with Crippen molar-refractivity contribution in [2.24, 2.45) is 4.99 Å². The van der Waals surface area contributed by atoms with Gasteiger partial charge >= 0.3 is 0 Å². The first kappa shape index (κ1) is 12.4. The van der Waals surface area contributed by atoms with E-state index in [4.69, 9.17) is 0 Å². The molecule has 2 aromatic rings. The number of benzene rings is 2. The maximum atomic E-state index is 14.1. The van der Waals surface area contributed by atoms with Crippen molar-refractivity contribution in [1.29, 1.82) is 0 Å². The topological polar surface area (TPSA) is 15.6 Å². The molecule has 19 heavy (non-hydrogen) atoms. The minimum absolute atomic E-state index is 0.219. The monoisotopic (exact) mass is 318 g/mol. The lowest BCUT2D eigenvalue weighted by Crippen LogP contribution is -2.22. The van der Waals surface area contributed by atoms with Crippen LogP contribution < -0.4 is 4.90 Å². The molecule has 0 saturated carbocycles. The average molecular weight is 319 g/mol. The highest BCUT2D eigenvalue weighted by Gasteiger charge is 2.21. The van der Waals surface area contributed by atoms with Gasteiger partial charge in [-0.15, -0.1) is 0 Å². The van der Waals surface area contributed by atoms with E-state index in [0.29, 0.717) is 12.2 Å². The highest BCUT2D eigenvalue weighted by Crippen LogP contribution is 2.36. The number of halogens is 2. The number of aliphatic imine (C=N–C) groups is 1. The Morgan fingerprint density at radius 2 is 2.00 bits per heavy atom. The quantitative estimate of drug-likeness (QED) is 0.751. The second-order valence-electron chi connectivity index (χ2n) is 4.46. The van der Waals surface area contributed by atoms with E-state index in [1.807, 2.05) is 36.1 Å². The number of nitrogens with zero attached hydrogens (tertiary/aromatic N) is 2. The van der Waals surface area contributed by atoms with E-state index in [-0.39, 0.29) is 5.82 Å². The zero-order valence-electron chi connectivity index (χ0n) is 10.4. The van der Waals surface area contributed by atoms with Crippen LogP contribution in [0.2, 0.25) is 0 Å². The van der Waals surface area contributed by atoms with Crippen LogP contribution in [0.3, 0.4) is 0 Å². The zero-order chi connectivity index (χ0) is 13.4. The van der Waals surface area contributed by atoms with Gasteiger partial charge in [0.15, 0.2) is 0 Å². The molecular weight excluding hydrogens is 307 g/mol. The van der Waals surface area contributed by atoms with Crippen molar-refractivity contribution in [3.63, 3.8) is 0 Å². The van der Waals surface area contributed by atoms with Crippen LogP contribution in [0.4, 0.5) is 15.8 Å². The number of hydrogen-bond acceptors (Lipinski definition) is 2. The molecule has 2 aromatic carbocycles. The van der Waals surface area contributed by atoms with Crippen LogP contribution in [0.1, 0.15) is 11.1 Å². The summed E-state index contributed by atoms with van der Waals surface area (Å²) in [6.07, 6.45) is 1.69. The van der Waals surface area contributed by atoms with Gasteiger partial charge in [0.25, 0.3) is 0 Å². The van der Waals surface area contributed by atoms with Gasteiger partial charge in [0.2, 0.25) is 0 Å². The summed E-state index contributed by atoms with van der Waals surface area (Å²) in [7, 11) is 0. The zero-order valence-corrected chi connectivity index (χ0v) is 12.0. The van der Waals surface area contributed by atoms with Crippen LogP contribution in [-0.4, -0.2) is 6.34 Å². The molecule has 0 amide bonds. The lowest BCUT2D eigenvalue weighted by Gasteiger charge is -2.27. The largest absolute Gasteiger partial charge is 0.298 e. The van der Waals surface area contributed by atoms with Gasteiger partial charge < -0.3 is 0 Å². The number of rotatable bonds is 1. The van der Waals surface area contributed by atoms with Crippen molar-refractivity contribution in [2.75, 3.05) is 4.90 Å². The molecule has 0 bridgehead atoms. The molecule has 4 heteroatoms. The minimum Gasteiger partial charge on any atom is -0.298 e. The summed E-state index contributed by atoms with van der Waals surface area (Å²) in [5.74, 6) is -0.219. The minimum atomic E-state index is -0.219. The summed E-state index contributed by atoms with van der Waals surface area (Å²) < 4.78 is 15.1. The Labute approximate surface area is 119 Å². The van der Waals surface area contributed by atoms with E-state index < -0.39 is 0 Å². The molecule has 96 valence electrons. The number of anilines is 2. The van der Waals surface area contributed by atoms with Crippen molar-refractivity contribution in [2.45, 2.75) is 13.5 Å². The van der Waals surface area contributed by atoms with Gasteiger partial charge in [0.1, 0.15) is 5.82 Å². The van der Waals surface area contributed by atoms with Gasteiger partial charge in [-0.25, -0.2) is 4.39 Å². The third-order valence-electron chi connectivity index (χ3n) is 3.27. The summed E-state index contributed by atoms with van der Waals surface area (Å²) >= 11 is 3.51. The van der Waals surface area contributed by atoms with Gasteiger partial charge in [-0.1, -0.05) is 34.1 Å². The van der Waals surface area contributed by atoms with E-state index in [2.05, 4.69) is 20.9 Å². The van der Waals surface area contributed by atoms with Crippen molar-refractivity contribution in [3.8, 4) is 0 Å². The second kappa shape index (κ2) is 4.78. The number of fused-ring (bicyclic) bond motifs is 1. The van der Waals surface area contributed by atoms with Gasteiger partial charge in [0.05, 0.1) is 24.3 Å². The molecule has 0 fully saturated rings. The summed E-state index contributed by atoms with van der Waals surface area (Å²) in [6.45, 7) is 2.53. The lowest BCUT2D eigenvalue weighted by atomic mass is 10.1. The molecule has 0 radical (unpaired) electrons. The van der Waals surface area contributed by atoms with Crippen LogP contribution in [0.15, 0.2) is 45.9 Å². The van der Waals surface area contributed by atoms with Crippen LogP contribution >= 0.6 is 15.9 Å². The highest BCUT2D eigenvalue weighted by atomic mass is 79.9. The standard InChI is InChI=1S/C15H12BrFN2/c1-10-12(16)5-3-7-14(10)19-9-18-8-11-4-2-6-13(17)15(11)19/h2-7,9H,8H2,1H3. The maximum absolute atomic E-state index is 14.1. The van der Waals surface area contributed by atoms with Crippen LogP contribution in [0.5, 0.6) is 0 Å². The third-order valence-corrected chi connectivity index (χ3v) is 4.13. The Morgan fingerprint density at radius 1 is 1.21 bits per heavy atom. The summed E-state index contributed by atoms with van der Waals surface area (Å²) in [5.41, 5.74) is 3.50. The molecule has 1 aliphatic heterocycles. The Kier molecular flexibility index (Phi) is 3.11. The molecule has 2 nitrogen and oxygen atoms in total. The van der Waals surface area contributed by atoms with Crippen molar-refractivity contribution in [1.82, 2.24) is 0 Å². The lowest BCUT2D eigenvalue weighted by molar-refractivity contribution is 0.626. The van der Waals surface area contributed by atoms with E-state index in [1.165, 1.54) is 6.07 Å². The molecule has 3 rings (SSSR count). The fourth-order valence-corrected chi connectivity index (χ4v) is 2.63. The molecule has 0 N–H and O–H groups in total. The number of para-hydroxylation sites is 1. The second-order valence-corrected chi connectivity index (χ2v) is 5.31. The number of hydrogen-bond donors (Lipinski definition) is 0. The highest BCUT2D eigenvalue weighted by molar-refractivity contribution is 9.10. The van der Waals surface area contributed by atoms with Crippen molar-refractivity contribution < 1.29 is 4.39 Å². The molecule has 0 spiro atoms. The summed E-state index contributed by atoms with van der Waals surface area (Å²) in [4.78, 5) is 6.12. The SMILES string of the molecule is Cc1c(Br)cccc1N1C=NCc2cccc(F)c21.